The Morgan fingerprint density at radius 3 is 2.95 bits per heavy atom. The molecule has 0 bridgehead atoms. The molecular weight excluding hydrogens is 264 g/mol. The van der Waals surface area contributed by atoms with Gasteiger partial charge in [-0.15, -0.1) is 0 Å². The van der Waals surface area contributed by atoms with Gasteiger partial charge in [-0.2, -0.15) is 15.0 Å². The van der Waals surface area contributed by atoms with E-state index in [2.05, 4.69) is 32.2 Å². The number of aliphatic hydroxyl groups is 1. The van der Waals surface area contributed by atoms with Crippen molar-refractivity contribution in [2.24, 2.45) is 0 Å². The van der Waals surface area contributed by atoms with Crippen LogP contribution >= 0.6 is 11.8 Å². The molecule has 0 aromatic carbocycles. The van der Waals surface area contributed by atoms with Crippen LogP contribution < -0.4 is 5.32 Å². The highest BCUT2D eigenvalue weighted by molar-refractivity contribution is 7.99. The Hall–Kier alpha value is -1.67. The fraction of sp³-hybridized carbons (Fsp3) is 0.455. The first-order chi connectivity index (χ1) is 9.33. The number of anilines is 1. The number of nitrogens with one attached hydrogen (secondary N) is 1. The van der Waals surface area contributed by atoms with Gasteiger partial charge in [0.25, 0.3) is 0 Å². The molecule has 2 N–H and O–H groups in total. The van der Waals surface area contributed by atoms with E-state index in [0.717, 1.165) is 13.0 Å². The molecule has 0 atom stereocenters. The largest absolute Gasteiger partial charge is 0.396 e. The minimum Gasteiger partial charge on any atom is -0.396 e. The number of thioether (sulfide) groups is 1. The number of hydrogen-bond acceptors (Lipinski definition) is 7. The molecule has 19 heavy (non-hydrogen) atoms. The van der Waals surface area contributed by atoms with Gasteiger partial charge in [0.15, 0.2) is 5.16 Å². The van der Waals surface area contributed by atoms with Crippen molar-refractivity contribution in [3.05, 3.63) is 18.7 Å². The average Bonchev–Trinajstić information content (AvgIpc) is 2.97. The molecule has 0 radical (unpaired) electrons. The molecule has 102 valence electrons. The summed E-state index contributed by atoms with van der Waals surface area (Å²) in [5.41, 5.74) is 0. The number of rotatable bonds is 7. The van der Waals surface area contributed by atoms with E-state index in [0.29, 0.717) is 22.8 Å². The van der Waals surface area contributed by atoms with Crippen molar-refractivity contribution >= 4 is 17.7 Å². The summed E-state index contributed by atoms with van der Waals surface area (Å²) in [5, 5.41) is 12.6. The van der Waals surface area contributed by atoms with Gasteiger partial charge in [-0.1, -0.05) is 18.7 Å². The predicted octanol–water partition coefficient (Wildman–Crippen LogP) is 0.964. The molecule has 0 amide bonds. The maximum Gasteiger partial charge on any atom is 0.240 e. The second kappa shape index (κ2) is 7.05. The predicted molar refractivity (Wildman–Crippen MR) is 73.5 cm³/mol. The second-order valence-electron chi connectivity index (χ2n) is 3.71. The Kier molecular flexibility index (Phi) is 5.10. The van der Waals surface area contributed by atoms with Crippen LogP contribution in [-0.4, -0.2) is 48.5 Å². The monoisotopic (exact) mass is 280 g/mol. The van der Waals surface area contributed by atoms with Crippen LogP contribution in [0, 0.1) is 0 Å². The molecule has 0 saturated heterocycles. The Morgan fingerprint density at radius 2 is 2.26 bits per heavy atom. The fourth-order valence-electron chi connectivity index (χ4n) is 1.36. The van der Waals surface area contributed by atoms with Gasteiger partial charge in [-0.25, -0.2) is 4.98 Å². The highest BCUT2D eigenvalue weighted by atomic mass is 32.2. The summed E-state index contributed by atoms with van der Waals surface area (Å²) < 4.78 is 1.72. The Bertz CT molecular complexity index is 478. The van der Waals surface area contributed by atoms with Gasteiger partial charge in [-0.05, 0) is 6.42 Å². The molecule has 0 aliphatic heterocycles. The van der Waals surface area contributed by atoms with Crippen molar-refractivity contribution in [3.8, 4) is 5.95 Å². The zero-order valence-corrected chi connectivity index (χ0v) is 11.5. The lowest BCUT2D eigenvalue weighted by Gasteiger charge is -2.07. The van der Waals surface area contributed by atoms with Crippen LogP contribution in [0.25, 0.3) is 5.95 Å². The summed E-state index contributed by atoms with van der Waals surface area (Å²) >= 11 is 1.39. The van der Waals surface area contributed by atoms with E-state index in [9.17, 15) is 0 Å². The zero-order chi connectivity index (χ0) is 13.5. The van der Waals surface area contributed by atoms with Crippen LogP contribution in [-0.2, 0) is 0 Å². The van der Waals surface area contributed by atoms with Crippen molar-refractivity contribution < 1.29 is 5.11 Å². The van der Waals surface area contributed by atoms with Gasteiger partial charge < -0.3 is 10.4 Å². The minimum absolute atomic E-state index is 0.0917. The molecule has 2 heterocycles. The highest BCUT2D eigenvalue weighted by Crippen LogP contribution is 2.15. The van der Waals surface area contributed by atoms with Crippen molar-refractivity contribution in [3.63, 3.8) is 0 Å². The van der Waals surface area contributed by atoms with Crippen molar-refractivity contribution in [2.75, 3.05) is 24.2 Å². The molecular formula is C11H16N6OS. The smallest absolute Gasteiger partial charge is 0.240 e. The quantitative estimate of drug-likeness (QED) is 0.730. The summed E-state index contributed by atoms with van der Waals surface area (Å²) in [6.45, 7) is 2.97. The molecule has 7 nitrogen and oxygen atoms in total. The fourth-order valence-corrected chi connectivity index (χ4v) is 1.93. The zero-order valence-electron chi connectivity index (χ0n) is 10.7. The van der Waals surface area contributed by atoms with E-state index < -0.39 is 0 Å². The number of hydrogen-bond donors (Lipinski definition) is 2. The van der Waals surface area contributed by atoms with Crippen molar-refractivity contribution in [1.82, 2.24) is 24.5 Å². The van der Waals surface area contributed by atoms with Gasteiger partial charge in [0.05, 0.1) is 6.61 Å². The van der Waals surface area contributed by atoms with Crippen LogP contribution in [0.3, 0.4) is 0 Å². The highest BCUT2D eigenvalue weighted by Gasteiger charge is 2.08. The van der Waals surface area contributed by atoms with E-state index in [-0.39, 0.29) is 6.61 Å². The van der Waals surface area contributed by atoms with Crippen LogP contribution in [0.2, 0.25) is 0 Å². The topological polar surface area (TPSA) is 88.8 Å². The summed E-state index contributed by atoms with van der Waals surface area (Å²) in [6.07, 6.45) is 6.08. The molecule has 2 aromatic rings. The maximum atomic E-state index is 8.87. The average molecular weight is 280 g/mol. The molecule has 0 unspecified atom stereocenters. The van der Waals surface area contributed by atoms with Crippen LogP contribution in [0.1, 0.15) is 13.3 Å². The Morgan fingerprint density at radius 1 is 1.37 bits per heavy atom. The van der Waals surface area contributed by atoms with Crippen molar-refractivity contribution in [1.29, 1.82) is 0 Å². The summed E-state index contributed by atoms with van der Waals surface area (Å²) in [7, 11) is 0. The standard InChI is InChI=1S/C11H16N6OS/c1-2-3-13-9-14-10(17-5-4-12-8-17)16-11(15-9)19-7-6-18/h4-5,8,18H,2-3,6-7H2,1H3,(H,13,14,15,16). The van der Waals surface area contributed by atoms with E-state index >= 15 is 0 Å². The molecule has 8 heteroatoms. The normalized spacial score (nSPS) is 10.6. The molecule has 0 aliphatic rings. The maximum absolute atomic E-state index is 8.87. The molecule has 0 fully saturated rings. The number of imidazole rings is 1. The van der Waals surface area contributed by atoms with Crippen molar-refractivity contribution in [2.45, 2.75) is 18.5 Å². The van der Waals surface area contributed by atoms with Gasteiger partial charge >= 0.3 is 0 Å². The van der Waals surface area contributed by atoms with E-state index in [1.54, 1.807) is 23.3 Å². The number of nitrogens with zero attached hydrogens (tertiary/aromatic N) is 5. The molecule has 2 aromatic heterocycles. The summed E-state index contributed by atoms with van der Waals surface area (Å²) in [4.78, 5) is 16.9. The summed E-state index contributed by atoms with van der Waals surface area (Å²) in [6, 6.07) is 0. The lowest BCUT2D eigenvalue weighted by atomic mass is 10.5. The lowest BCUT2D eigenvalue weighted by Crippen LogP contribution is -2.10. The van der Waals surface area contributed by atoms with Crippen LogP contribution in [0.15, 0.2) is 23.9 Å². The number of aliphatic hydroxyl groups excluding tert-OH is 1. The molecule has 2 rings (SSSR count). The minimum atomic E-state index is 0.0917. The van der Waals surface area contributed by atoms with E-state index in [4.69, 9.17) is 5.11 Å². The molecule has 0 aliphatic carbocycles. The molecule has 0 saturated carbocycles. The summed E-state index contributed by atoms with van der Waals surface area (Å²) in [5.74, 6) is 1.62. The third-order valence-corrected chi connectivity index (χ3v) is 3.02. The number of aromatic nitrogens is 5. The van der Waals surface area contributed by atoms with Gasteiger partial charge in [0.2, 0.25) is 11.9 Å². The lowest BCUT2D eigenvalue weighted by molar-refractivity contribution is 0.322. The SMILES string of the molecule is CCCNc1nc(SCCO)nc(-n2ccnc2)n1. The van der Waals surface area contributed by atoms with Crippen LogP contribution in [0.4, 0.5) is 5.95 Å². The Balaban J connectivity index is 2.25. The first kappa shape index (κ1) is 13.8. The van der Waals surface area contributed by atoms with Gasteiger partial charge in [0, 0.05) is 24.7 Å². The molecule has 0 spiro atoms. The van der Waals surface area contributed by atoms with Gasteiger partial charge in [-0.3, -0.25) is 4.57 Å². The van der Waals surface area contributed by atoms with E-state index in [1.165, 1.54) is 11.8 Å². The third kappa shape index (κ3) is 3.90. The van der Waals surface area contributed by atoms with E-state index in [1.807, 2.05) is 0 Å². The second-order valence-corrected chi connectivity index (χ2v) is 4.77. The van der Waals surface area contributed by atoms with Crippen LogP contribution in [0.5, 0.6) is 0 Å². The third-order valence-electron chi connectivity index (χ3n) is 2.19. The Labute approximate surface area is 115 Å². The first-order valence-electron chi connectivity index (χ1n) is 6.05. The van der Waals surface area contributed by atoms with Gasteiger partial charge in [0.1, 0.15) is 6.33 Å². The first-order valence-corrected chi connectivity index (χ1v) is 7.04.